The fourth-order valence-corrected chi connectivity index (χ4v) is 3.13. The van der Waals surface area contributed by atoms with Crippen molar-refractivity contribution >= 4 is 23.2 Å². The summed E-state index contributed by atoms with van der Waals surface area (Å²) in [6.07, 6.45) is 4.90. The molecule has 7 heteroatoms. The van der Waals surface area contributed by atoms with Crippen LogP contribution in [0.15, 0.2) is 42.7 Å². The number of nitrogens with two attached hydrogens (primary N) is 1. The quantitative estimate of drug-likeness (QED) is 0.867. The van der Waals surface area contributed by atoms with Gasteiger partial charge in [0.2, 0.25) is 11.8 Å². The van der Waals surface area contributed by atoms with Crippen LogP contribution in [-0.4, -0.2) is 34.7 Å². The number of amides is 2. The molecular formula is C18H23N5O2. The first kappa shape index (κ1) is 17.0. The average Bonchev–Trinajstić information content (AvgIpc) is 3.16. The van der Waals surface area contributed by atoms with E-state index in [1.165, 1.54) is 0 Å². The molecule has 1 saturated heterocycles. The lowest BCUT2D eigenvalue weighted by Crippen LogP contribution is -2.39. The second kappa shape index (κ2) is 7.38. The van der Waals surface area contributed by atoms with E-state index in [4.69, 9.17) is 5.73 Å². The van der Waals surface area contributed by atoms with Crippen molar-refractivity contribution in [3.8, 4) is 0 Å². The van der Waals surface area contributed by atoms with Crippen molar-refractivity contribution in [1.82, 2.24) is 9.78 Å². The van der Waals surface area contributed by atoms with Crippen LogP contribution in [0.5, 0.6) is 0 Å². The molecule has 3 N–H and O–H groups in total. The molecule has 1 aromatic heterocycles. The van der Waals surface area contributed by atoms with Crippen molar-refractivity contribution in [1.29, 1.82) is 0 Å². The van der Waals surface area contributed by atoms with E-state index in [1.807, 2.05) is 31.2 Å². The molecular weight excluding hydrogens is 318 g/mol. The normalized spacial score (nSPS) is 16.4. The molecule has 2 heterocycles. The largest absolute Gasteiger partial charge is 0.370 e. The number of anilines is 2. The minimum Gasteiger partial charge on any atom is -0.370 e. The van der Waals surface area contributed by atoms with E-state index < -0.39 is 6.04 Å². The summed E-state index contributed by atoms with van der Waals surface area (Å²) in [5.74, 6) is -0.407. The van der Waals surface area contributed by atoms with Crippen molar-refractivity contribution < 1.29 is 9.59 Å². The zero-order valence-electron chi connectivity index (χ0n) is 14.3. The molecule has 0 radical (unpaired) electrons. The Kier molecular flexibility index (Phi) is 5.02. The summed E-state index contributed by atoms with van der Waals surface area (Å²) in [5, 5.41) is 7.11. The van der Waals surface area contributed by atoms with E-state index in [9.17, 15) is 9.59 Å². The van der Waals surface area contributed by atoms with Gasteiger partial charge in [-0.3, -0.25) is 14.3 Å². The molecule has 0 bridgehead atoms. The average molecular weight is 341 g/mol. The highest BCUT2D eigenvalue weighted by Crippen LogP contribution is 2.30. The van der Waals surface area contributed by atoms with Crippen molar-refractivity contribution in [3.05, 3.63) is 42.7 Å². The Morgan fingerprint density at radius 1 is 1.24 bits per heavy atom. The van der Waals surface area contributed by atoms with Crippen LogP contribution in [0.25, 0.3) is 0 Å². The maximum absolute atomic E-state index is 12.5. The molecule has 1 fully saturated rings. The van der Waals surface area contributed by atoms with E-state index in [2.05, 4.69) is 15.3 Å². The second-order valence-electron chi connectivity index (χ2n) is 6.33. The monoisotopic (exact) mass is 341 g/mol. The minimum atomic E-state index is -0.399. The van der Waals surface area contributed by atoms with Crippen molar-refractivity contribution in [3.63, 3.8) is 0 Å². The summed E-state index contributed by atoms with van der Waals surface area (Å²) in [5.41, 5.74) is 7.14. The van der Waals surface area contributed by atoms with E-state index in [0.29, 0.717) is 0 Å². The van der Waals surface area contributed by atoms with Crippen molar-refractivity contribution in [2.24, 2.45) is 11.7 Å². The third-order valence-electron chi connectivity index (χ3n) is 4.70. The van der Waals surface area contributed by atoms with Gasteiger partial charge in [-0.1, -0.05) is 12.1 Å². The first-order chi connectivity index (χ1) is 12.1. The molecule has 7 nitrogen and oxygen atoms in total. The second-order valence-corrected chi connectivity index (χ2v) is 6.33. The predicted molar refractivity (Wildman–Crippen MR) is 96.1 cm³/mol. The maximum Gasteiger partial charge on any atom is 0.249 e. The van der Waals surface area contributed by atoms with Crippen LogP contribution in [0.3, 0.4) is 0 Å². The number of nitrogens with zero attached hydrogens (tertiary/aromatic N) is 3. The van der Waals surface area contributed by atoms with Gasteiger partial charge >= 0.3 is 0 Å². The van der Waals surface area contributed by atoms with E-state index >= 15 is 0 Å². The number of para-hydroxylation sites is 2. The van der Waals surface area contributed by atoms with Gasteiger partial charge in [-0.15, -0.1) is 0 Å². The summed E-state index contributed by atoms with van der Waals surface area (Å²) in [6, 6.07) is 9.11. The Bertz CT molecular complexity index is 736. The molecule has 2 aromatic rings. The Hall–Kier alpha value is -2.83. The van der Waals surface area contributed by atoms with Gasteiger partial charge in [0.05, 0.1) is 11.4 Å². The van der Waals surface area contributed by atoms with E-state index in [-0.39, 0.29) is 17.7 Å². The highest BCUT2D eigenvalue weighted by molar-refractivity contribution is 5.96. The first-order valence-corrected chi connectivity index (χ1v) is 8.49. The van der Waals surface area contributed by atoms with Crippen molar-refractivity contribution in [2.45, 2.75) is 25.8 Å². The molecule has 132 valence electrons. The molecule has 1 aliphatic heterocycles. The first-order valence-electron chi connectivity index (χ1n) is 8.49. The molecule has 1 aliphatic rings. The van der Waals surface area contributed by atoms with E-state index in [1.54, 1.807) is 23.1 Å². The van der Waals surface area contributed by atoms with Gasteiger partial charge in [0.1, 0.15) is 6.04 Å². The minimum absolute atomic E-state index is 0.0576. The molecule has 2 amide bonds. The van der Waals surface area contributed by atoms with Gasteiger partial charge < -0.3 is 16.0 Å². The number of carbonyl (C=O) groups is 2. The van der Waals surface area contributed by atoms with Crippen LogP contribution in [-0.2, 0) is 9.59 Å². The van der Waals surface area contributed by atoms with Crippen LogP contribution in [0, 0.1) is 5.92 Å². The van der Waals surface area contributed by atoms with Gasteiger partial charge in [0.15, 0.2) is 0 Å². The topological polar surface area (TPSA) is 93.3 Å². The van der Waals surface area contributed by atoms with Crippen LogP contribution in [0.2, 0.25) is 0 Å². The van der Waals surface area contributed by atoms with Gasteiger partial charge in [-0.2, -0.15) is 5.10 Å². The molecule has 0 aliphatic carbocycles. The lowest BCUT2D eigenvalue weighted by atomic mass is 9.96. The number of primary amides is 1. The Morgan fingerprint density at radius 3 is 2.60 bits per heavy atom. The standard InChI is InChI=1S/C18H23N5O2/c1-13(23-10-4-9-20-23)18(25)21-15-5-2-3-6-16(15)22-11-7-14(8-12-22)17(19)24/h2-6,9-10,13-14H,7-8,11-12H2,1H3,(H2,19,24)(H,21,25)/t13-/m0/s1. The Morgan fingerprint density at radius 2 is 1.96 bits per heavy atom. The number of benzene rings is 1. The lowest BCUT2D eigenvalue weighted by Gasteiger charge is -2.33. The third kappa shape index (κ3) is 3.81. The molecule has 0 unspecified atom stereocenters. The fraction of sp³-hybridized carbons (Fsp3) is 0.389. The highest BCUT2D eigenvalue weighted by atomic mass is 16.2. The molecule has 0 spiro atoms. The summed E-state index contributed by atoms with van der Waals surface area (Å²) >= 11 is 0. The van der Waals surface area contributed by atoms with Gasteiger partial charge in [-0.05, 0) is 38.0 Å². The summed E-state index contributed by atoms with van der Waals surface area (Å²) in [6.45, 7) is 3.30. The van der Waals surface area contributed by atoms with Gasteiger partial charge in [-0.25, -0.2) is 0 Å². The predicted octanol–water partition coefficient (Wildman–Crippen LogP) is 1.78. The van der Waals surface area contributed by atoms with Gasteiger partial charge in [0.25, 0.3) is 0 Å². The number of nitrogens with one attached hydrogen (secondary N) is 1. The van der Waals surface area contributed by atoms with Crippen molar-refractivity contribution in [2.75, 3.05) is 23.3 Å². The van der Waals surface area contributed by atoms with Crippen LogP contribution >= 0.6 is 0 Å². The van der Waals surface area contributed by atoms with Crippen LogP contribution in [0.1, 0.15) is 25.8 Å². The molecule has 0 saturated carbocycles. The molecule has 25 heavy (non-hydrogen) atoms. The lowest BCUT2D eigenvalue weighted by molar-refractivity contribution is -0.122. The third-order valence-corrected chi connectivity index (χ3v) is 4.70. The number of hydrogen-bond donors (Lipinski definition) is 2. The smallest absolute Gasteiger partial charge is 0.249 e. The zero-order valence-corrected chi connectivity index (χ0v) is 14.3. The number of aromatic nitrogens is 2. The molecule has 3 rings (SSSR count). The highest BCUT2D eigenvalue weighted by Gasteiger charge is 2.25. The fourth-order valence-electron chi connectivity index (χ4n) is 3.13. The SMILES string of the molecule is C[C@@H](C(=O)Nc1ccccc1N1CCC(C(N)=O)CC1)n1cccn1. The zero-order chi connectivity index (χ0) is 17.8. The Balaban J connectivity index is 1.71. The number of carbonyl (C=O) groups excluding carboxylic acids is 2. The van der Waals surface area contributed by atoms with Gasteiger partial charge in [0, 0.05) is 31.4 Å². The summed E-state index contributed by atoms with van der Waals surface area (Å²) in [4.78, 5) is 26.1. The maximum atomic E-state index is 12.5. The number of rotatable bonds is 5. The molecule has 1 atom stereocenters. The van der Waals surface area contributed by atoms with Crippen LogP contribution < -0.4 is 16.0 Å². The number of hydrogen-bond acceptors (Lipinski definition) is 4. The summed E-state index contributed by atoms with van der Waals surface area (Å²) < 4.78 is 1.62. The van der Waals surface area contributed by atoms with Crippen LogP contribution in [0.4, 0.5) is 11.4 Å². The molecule has 1 aromatic carbocycles. The number of piperidine rings is 1. The summed E-state index contributed by atoms with van der Waals surface area (Å²) in [7, 11) is 0. The van der Waals surface area contributed by atoms with E-state index in [0.717, 1.165) is 37.3 Å². The Labute approximate surface area is 146 Å².